The molecule has 3 fully saturated rings. The van der Waals surface area contributed by atoms with Gasteiger partial charge in [0.2, 0.25) is 0 Å². The molecule has 4 heteroatoms. The summed E-state index contributed by atoms with van der Waals surface area (Å²) in [6, 6.07) is 11.1. The molecule has 3 aliphatic rings. The molecule has 1 aromatic rings. The van der Waals surface area contributed by atoms with Crippen molar-refractivity contribution in [2.45, 2.75) is 49.7 Å². The van der Waals surface area contributed by atoms with Gasteiger partial charge in [0, 0.05) is 38.1 Å². The van der Waals surface area contributed by atoms with E-state index in [9.17, 15) is 0 Å². The molecule has 0 unspecified atom stereocenters. The summed E-state index contributed by atoms with van der Waals surface area (Å²) in [6.45, 7) is 5.86. The molecule has 0 radical (unpaired) electrons. The van der Waals surface area contributed by atoms with Gasteiger partial charge in [-0.3, -0.25) is 0 Å². The summed E-state index contributed by atoms with van der Waals surface area (Å²) in [5, 5.41) is 6.94. The summed E-state index contributed by atoms with van der Waals surface area (Å²) >= 11 is 0. The van der Waals surface area contributed by atoms with E-state index in [4.69, 9.17) is 0 Å². The lowest BCUT2D eigenvalue weighted by Crippen LogP contribution is -2.49. The zero-order valence-corrected chi connectivity index (χ0v) is 15.2. The van der Waals surface area contributed by atoms with E-state index in [-0.39, 0.29) is 0 Å². The van der Waals surface area contributed by atoms with Crippen molar-refractivity contribution in [3.8, 4) is 0 Å². The molecule has 4 rings (SSSR count). The number of nitrogens with zero attached hydrogens (tertiary/aromatic N) is 1. The average molecular weight is 346 g/mol. The van der Waals surface area contributed by atoms with Gasteiger partial charge < -0.3 is 15.5 Å². The maximum absolute atomic E-state index is 15.1. The predicted molar refractivity (Wildman–Crippen MR) is 101 cm³/mol. The Labute approximate surface area is 151 Å². The predicted octanol–water partition coefficient (Wildman–Crippen LogP) is 2.94. The van der Waals surface area contributed by atoms with Gasteiger partial charge in [-0.15, -0.1) is 0 Å². The van der Waals surface area contributed by atoms with Crippen molar-refractivity contribution < 1.29 is 4.39 Å². The molecule has 0 amide bonds. The Kier molecular flexibility index (Phi) is 5.39. The van der Waals surface area contributed by atoms with E-state index in [1.807, 2.05) is 0 Å². The minimum absolute atomic E-state index is 0.475. The maximum Gasteiger partial charge on any atom is 0.125 e. The number of nitrogens with one attached hydrogen (secondary N) is 2. The van der Waals surface area contributed by atoms with Crippen molar-refractivity contribution in [3.63, 3.8) is 0 Å². The second kappa shape index (κ2) is 7.73. The third kappa shape index (κ3) is 4.60. The first kappa shape index (κ1) is 17.4. The fourth-order valence-electron chi connectivity index (χ4n) is 4.55. The second-order valence-corrected chi connectivity index (χ2v) is 8.39. The molecule has 2 saturated heterocycles. The monoisotopic (exact) mass is 345 g/mol. The molecule has 138 valence electrons. The molecule has 0 spiro atoms. The van der Waals surface area contributed by atoms with E-state index in [2.05, 4.69) is 45.9 Å². The summed E-state index contributed by atoms with van der Waals surface area (Å²) in [5.41, 5.74) is 0.388. The van der Waals surface area contributed by atoms with E-state index in [0.29, 0.717) is 31.3 Å². The molecule has 2 heterocycles. The molecule has 25 heavy (non-hydrogen) atoms. The summed E-state index contributed by atoms with van der Waals surface area (Å²) in [7, 11) is 0. The van der Waals surface area contributed by atoms with E-state index in [0.717, 1.165) is 38.5 Å². The Balaban J connectivity index is 1.18. The summed E-state index contributed by atoms with van der Waals surface area (Å²) in [5.74, 6) is 1.40. The van der Waals surface area contributed by atoms with Gasteiger partial charge in [0.25, 0.3) is 0 Å². The first-order chi connectivity index (χ1) is 12.2. The maximum atomic E-state index is 15.1. The molecule has 3 nitrogen and oxygen atoms in total. The molecule has 2 atom stereocenters. The lowest BCUT2D eigenvalue weighted by atomic mass is 9.91. The van der Waals surface area contributed by atoms with Gasteiger partial charge in [-0.2, -0.15) is 0 Å². The molecule has 1 aromatic carbocycles. The van der Waals surface area contributed by atoms with Crippen molar-refractivity contribution in [2.75, 3.05) is 39.3 Å². The van der Waals surface area contributed by atoms with Crippen LogP contribution >= 0.6 is 0 Å². The molecular weight excluding hydrogens is 313 g/mol. The van der Waals surface area contributed by atoms with Crippen LogP contribution in [0.5, 0.6) is 0 Å². The second-order valence-electron chi connectivity index (χ2n) is 8.39. The Bertz CT molecular complexity index is 535. The van der Waals surface area contributed by atoms with Crippen molar-refractivity contribution in [1.29, 1.82) is 0 Å². The fourth-order valence-corrected chi connectivity index (χ4v) is 4.55. The Morgan fingerprint density at radius 1 is 1.12 bits per heavy atom. The Morgan fingerprint density at radius 3 is 2.56 bits per heavy atom. The summed E-state index contributed by atoms with van der Waals surface area (Å²) in [4.78, 5) is 2.50. The van der Waals surface area contributed by atoms with Crippen molar-refractivity contribution >= 4 is 0 Å². The Hall–Kier alpha value is -0.970. The van der Waals surface area contributed by atoms with Crippen molar-refractivity contribution in [2.24, 2.45) is 5.92 Å². The SMILES string of the molecule is FC1(CN[C@@H]2C[C@H]2c2ccccc2)CCN(CC2CCNCC2)CC1. The largest absolute Gasteiger partial charge is 0.317 e. The van der Waals surface area contributed by atoms with Gasteiger partial charge >= 0.3 is 0 Å². The van der Waals surface area contributed by atoms with Crippen LogP contribution in [0.2, 0.25) is 0 Å². The van der Waals surface area contributed by atoms with E-state index < -0.39 is 5.67 Å². The average Bonchev–Trinajstić information content (AvgIpc) is 3.44. The highest BCUT2D eigenvalue weighted by Gasteiger charge is 2.41. The van der Waals surface area contributed by atoms with Crippen molar-refractivity contribution in [1.82, 2.24) is 15.5 Å². The van der Waals surface area contributed by atoms with Gasteiger partial charge in [0.1, 0.15) is 5.67 Å². The molecular formula is C21H32FN3. The summed E-state index contributed by atoms with van der Waals surface area (Å²) < 4.78 is 15.1. The van der Waals surface area contributed by atoms with Gasteiger partial charge in [-0.25, -0.2) is 4.39 Å². The lowest BCUT2D eigenvalue weighted by molar-refractivity contribution is 0.0484. The molecule has 1 saturated carbocycles. The third-order valence-electron chi connectivity index (χ3n) is 6.43. The highest BCUT2D eigenvalue weighted by Crippen LogP contribution is 2.41. The molecule has 0 bridgehead atoms. The van der Waals surface area contributed by atoms with Crippen LogP contribution in [0.15, 0.2) is 30.3 Å². The zero-order chi connectivity index (χ0) is 17.1. The van der Waals surface area contributed by atoms with E-state index in [1.54, 1.807) is 0 Å². The summed E-state index contributed by atoms with van der Waals surface area (Å²) in [6.07, 6.45) is 5.09. The standard InChI is InChI=1S/C21H32FN3/c22-21(16-24-20-14-19(20)18-4-2-1-3-5-18)8-12-25(13-9-21)15-17-6-10-23-11-7-17/h1-5,17,19-20,23-24H,6-16H2/t19-,20+/m0/s1. The van der Waals surface area contributed by atoms with Crippen LogP contribution in [0.1, 0.15) is 43.6 Å². The van der Waals surface area contributed by atoms with Gasteiger partial charge in [-0.05, 0) is 56.7 Å². The number of piperidine rings is 2. The topological polar surface area (TPSA) is 27.3 Å². The molecule has 1 aliphatic carbocycles. The molecule has 2 aliphatic heterocycles. The number of hydrogen-bond donors (Lipinski definition) is 2. The minimum Gasteiger partial charge on any atom is -0.317 e. The number of likely N-dealkylation sites (tertiary alicyclic amines) is 1. The van der Waals surface area contributed by atoms with Gasteiger partial charge in [-0.1, -0.05) is 30.3 Å². The molecule has 0 aromatic heterocycles. The Morgan fingerprint density at radius 2 is 1.84 bits per heavy atom. The van der Waals surface area contributed by atoms with Crippen LogP contribution in [0.4, 0.5) is 4.39 Å². The van der Waals surface area contributed by atoms with Crippen LogP contribution in [-0.2, 0) is 0 Å². The number of rotatable bonds is 6. The third-order valence-corrected chi connectivity index (χ3v) is 6.43. The van der Waals surface area contributed by atoms with Gasteiger partial charge in [0.05, 0.1) is 0 Å². The minimum atomic E-state index is -1.01. The van der Waals surface area contributed by atoms with E-state index in [1.165, 1.54) is 24.9 Å². The number of hydrogen-bond acceptors (Lipinski definition) is 3. The first-order valence-corrected chi connectivity index (χ1v) is 10.1. The smallest absolute Gasteiger partial charge is 0.125 e. The van der Waals surface area contributed by atoms with Crippen LogP contribution in [0.3, 0.4) is 0 Å². The normalized spacial score (nSPS) is 30.3. The van der Waals surface area contributed by atoms with Crippen LogP contribution < -0.4 is 10.6 Å². The number of alkyl halides is 1. The van der Waals surface area contributed by atoms with Crippen LogP contribution in [0.25, 0.3) is 0 Å². The molecule has 2 N–H and O–H groups in total. The zero-order valence-electron chi connectivity index (χ0n) is 15.2. The van der Waals surface area contributed by atoms with Crippen LogP contribution in [0, 0.1) is 5.92 Å². The lowest BCUT2D eigenvalue weighted by Gasteiger charge is -2.38. The number of benzene rings is 1. The highest BCUT2D eigenvalue weighted by atomic mass is 19.1. The van der Waals surface area contributed by atoms with Gasteiger partial charge in [0.15, 0.2) is 0 Å². The first-order valence-electron chi connectivity index (χ1n) is 10.1. The van der Waals surface area contributed by atoms with Crippen molar-refractivity contribution in [3.05, 3.63) is 35.9 Å². The fraction of sp³-hybridized carbons (Fsp3) is 0.714. The van der Waals surface area contributed by atoms with Crippen LogP contribution in [-0.4, -0.2) is 55.9 Å². The van der Waals surface area contributed by atoms with E-state index >= 15 is 4.39 Å². The number of halogens is 1. The highest BCUT2D eigenvalue weighted by molar-refractivity contribution is 5.27. The quantitative estimate of drug-likeness (QED) is 0.830.